The van der Waals surface area contributed by atoms with Gasteiger partial charge < -0.3 is 0 Å². The molecule has 0 fully saturated rings. The van der Waals surface area contributed by atoms with Crippen molar-refractivity contribution in [2.45, 2.75) is 13.8 Å². The van der Waals surface area contributed by atoms with E-state index in [-0.39, 0.29) is 0 Å². The fraction of sp³-hybridized carbons (Fsp3) is 0.400. The van der Waals surface area contributed by atoms with Gasteiger partial charge in [0.2, 0.25) is 0 Å². The van der Waals surface area contributed by atoms with E-state index in [1.54, 1.807) is 6.92 Å². The summed E-state index contributed by atoms with van der Waals surface area (Å²) in [4.78, 5) is 0. The van der Waals surface area contributed by atoms with Gasteiger partial charge in [-0.25, -0.2) is 0 Å². The average molecular weight is 102 g/mol. The van der Waals surface area contributed by atoms with Crippen LogP contribution in [0.15, 0.2) is 0 Å². The first-order valence-electron chi connectivity index (χ1n) is 2.70. The zero-order valence-corrected chi connectivity index (χ0v) is 5.52. The van der Waals surface area contributed by atoms with Crippen LogP contribution in [0, 0.1) is 0 Å². The van der Waals surface area contributed by atoms with Crippen LogP contribution in [0.4, 0.5) is 0 Å². The van der Waals surface area contributed by atoms with Crippen LogP contribution in [0.3, 0.4) is 0 Å². The maximum atomic E-state index is 3.54. The van der Waals surface area contributed by atoms with Crippen LogP contribution in [-0.4, -0.2) is 38.3 Å². The van der Waals surface area contributed by atoms with Crippen LogP contribution in [0.25, 0.3) is 0 Å². The van der Waals surface area contributed by atoms with E-state index >= 15 is 0 Å². The Hall–Kier alpha value is -0.195. The van der Waals surface area contributed by atoms with Crippen molar-refractivity contribution in [2.75, 3.05) is 0 Å². The predicted octanol–water partition coefficient (Wildman–Crippen LogP) is -0.582. The van der Waals surface area contributed by atoms with Crippen LogP contribution in [0.1, 0.15) is 13.8 Å². The molecule has 0 heterocycles. The molecule has 0 aromatic carbocycles. The van der Waals surface area contributed by atoms with Crippen molar-refractivity contribution in [2.24, 2.45) is 0 Å². The second kappa shape index (κ2) is 4.95. The van der Waals surface area contributed by atoms with Crippen LogP contribution in [-0.2, 0) is 0 Å². The van der Waals surface area contributed by atoms with Crippen LogP contribution < -0.4 is 0 Å². The minimum atomic E-state index is 1.31. The van der Waals surface area contributed by atoms with Gasteiger partial charge in [-0.05, 0) is 0 Å². The van der Waals surface area contributed by atoms with Crippen molar-refractivity contribution < 1.29 is 0 Å². The molecule has 0 aliphatic rings. The van der Waals surface area contributed by atoms with Gasteiger partial charge >= 0.3 is 52.2 Å². The SMILES string of the molecule is C=BC=BB=C(C)C. The van der Waals surface area contributed by atoms with Crippen LogP contribution >= 0.6 is 0 Å². The summed E-state index contributed by atoms with van der Waals surface area (Å²) in [5.41, 5.74) is 1.31. The molecule has 0 bridgehead atoms. The summed E-state index contributed by atoms with van der Waals surface area (Å²) in [7, 11) is 0. The Morgan fingerprint density at radius 2 is 2.12 bits per heavy atom. The summed E-state index contributed by atoms with van der Waals surface area (Å²) in [5.74, 6) is 1.91. The Morgan fingerprint density at radius 3 is 2.50 bits per heavy atom. The van der Waals surface area contributed by atoms with Crippen molar-refractivity contribution in [1.82, 2.24) is 0 Å². The van der Waals surface area contributed by atoms with E-state index in [4.69, 9.17) is 0 Å². The summed E-state index contributed by atoms with van der Waals surface area (Å²) < 4.78 is 0. The Morgan fingerprint density at radius 1 is 1.50 bits per heavy atom. The van der Waals surface area contributed by atoms with Gasteiger partial charge in [0.1, 0.15) is 0 Å². The normalized spacial score (nSPS) is 7.25. The van der Waals surface area contributed by atoms with Gasteiger partial charge in [0.05, 0.1) is 0 Å². The molecule has 0 nitrogen and oxygen atoms in total. The summed E-state index contributed by atoms with van der Waals surface area (Å²) in [5, 5.41) is 0. The second-order valence-electron chi connectivity index (χ2n) is 1.86. The Kier molecular flexibility index (Phi) is 4.83. The van der Waals surface area contributed by atoms with E-state index in [0.29, 0.717) is 0 Å². The minimum absolute atomic E-state index is 1.31. The molecule has 3 heteroatoms. The average Bonchev–Trinajstić information content (AvgIpc) is 1.66. The van der Waals surface area contributed by atoms with Gasteiger partial charge in [0, 0.05) is 0 Å². The number of rotatable bonds is 2. The first-order chi connectivity index (χ1) is 3.77. The summed E-state index contributed by atoms with van der Waals surface area (Å²) >= 11 is 0. The molecule has 0 aliphatic carbocycles. The van der Waals surface area contributed by atoms with Crippen molar-refractivity contribution in [1.29, 1.82) is 0 Å². The third-order valence-electron chi connectivity index (χ3n) is 0.677. The van der Waals surface area contributed by atoms with E-state index < -0.39 is 0 Å². The molecule has 0 amide bonds. The molecule has 0 N–H and O–H groups in total. The summed E-state index contributed by atoms with van der Waals surface area (Å²) in [6.45, 7) is 13.4. The molecular weight excluding hydrogens is 92.5 g/mol. The fourth-order valence-electron chi connectivity index (χ4n) is 0.327. The summed E-state index contributed by atoms with van der Waals surface area (Å²) in [6, 6.07) is 0. The molecule has 0 rings (SSSR count). The van der Waals surface area contributed by atoms with Crippen molar-refractivity contribution in [3.8, 4) is 0 Å². The van der Waals surface area contributed by atoms with Gasteiger partial charge in [-0.1, -0.05) is 0 Å². The first-order valence-corrected chi connectivity index (χ1v) is 2.70. The molecule has 0 atom stereocenters. The van der Waals surface area contributed by atoms with Gasteiger partial charge in [0.25, 0.3) is 0 Å². The molecule has 8 heavy (non-hydrogen) atoms. The van der Waals surface area contributed by atoms with E-state index in [1.165, 1.54) is 5.46 Å². The maximum absolute atomic E-state index is 3.54. The molecule has 0 radical (unpaired) electrons. The van der Waals surface area contributed by atoms with Crippen molar-refractivity contribution >= 4 is 38.3 Å². The molecule has 0 spiro atoms. The monoisotopic (exact) mass is 102 g/mol. The first kappa shape index (κ1) is 7.80. The topological polar surface area (TPSA) is 0 Å². The third kappa shape index (κ3) is 5.80. The predicted molar refractivity (Wildman–Crippen MR) is 46.8 cm³/mol. The standard InChI is InChI=1S/C5H9B3/c1-5(2)8-7-4-6-3/h4H,3H2,1-2H3. The van der Waals surface area contributed by atoms with Crippen molar-refractivity contribution in [3.63, 3.8) is 0 Å². The van der Waals surface area contributed by atoms with Gasteiger partial charge in [-0.3, -0.25) is 0 Å². The Balaban J connectivity index is 3.57. The molecule has 0 saturated carbocycles. The molecule has 0 unspecified atom stereocenters. The third-order valence-corrected chi connectivity index (χ3v) is 0.677. The van der Waals surface area contributed by atoms with E-state index in [2.05, 4.69) is 20.3 Å². The van der Waals surface area contributed by atoms with E-state index in [0.717, 1.165) is 0 Å². The van der Waals surface area contributed by atoms with E-state index in [9.17, 15) is 0 Å². The second-order valence-corrected chi connectivity index (χ2v) is 1.86. The molecule has 0 aliphatic heterocycles. The molecule has 0 saturated heterocycles. The zero-order valence-electron chi connectivity index (χ0n) is 5.52. The van der Waals surface area contributed by atoms with Crippen LogP contribution in [0.5, 0.6) is 0 Å². The molecule has 0 aromatic heterocycles. The van der Waals surface area contributed by atoms with Gasteiger partial charge in [-0.15, -0.1) is 0 Å². The molecule has 38 valence electrons. The van der Waals surface area contributed by atoms with Crippen molar-refractivity contribution in [3.05, 3.63) is 0 Å². The zero-order chi connectivity index (χ0) is 6.41. The quantitative estimate of drug-likeness (QED) is 0.408. The Bertz CT molecular complexity index is 120. The molecular formula is C5H9B3. The van der Waals surface area contributed by atoms with Gasteiger partial charge in [-0.2, -0.15) is 0 Å². The number of hydrogen-bond donors (Lipinski definition) is 0. The number of hydrogen-bond acceptors (Lipinski definition) is 0. The van der Waals surface area contributed by atoms with Gasteiger partial charge in [0.15, 0.2) is 0 Å². The molecule has 0 aromatic rings. The van der Waals surface area contributed by atoms with E-state index in [1.807, 2.05) is 19.5 Å². The Labute approximate surface area is 53.0 Å². The fourth-order valence-corrected chi connectivity index (χ4v) is 0.327. The van der Waals surface area contributed by atoms with Crippen LogP contribution in [0.2, 0.25) is 0 Å². The summed E-state index contributed by atoms with van der Waals surface area (Å²) in [6.07, 6.45) is 0.